The van der Waals surface area contributed by atoms with Gasteiger partial charge in [0.1, 0.15) is 17.1 Å². The molecule has 4 N–H and O–H groups in total. The number of nitro groups is 1. The van der Waals surface area contributed by atoms with Crippen LogP contribution in [0.4, 0.5) is 22.7 Å². The normalized spacial score (nSPS) is 11.2. The summed E-state index contributed by atoms with van der Waals surface area (Å²) >= 11 is 0. The molecule has 0 saturated heterocycles. The molecule has 8 heteroatoms. The molecule has 3 rings (SSSR count). The Labute approximate surface area is 135 Å². The fourth-order valence-electron chi connectivity index (χ4n) is 2.28. The number of hydrogen-bond donors (Lipinski definition) is 3. The minimum absolute atomic E-state index is 0.0427. The van der Waals surface area contributed by atoms with Gasteiger partial charge in [0.2, 0.25) is 0 Å². The van der Waals surface area contributed by atoms with Crippen molar-refractivity contribution in [3.63, 3.8) is 0 Å². The number of azo groups is 1. The molecule has 0 unspecified atom stereocenters. The van der Waals surface area contributed by atoms with Gasteiger partial charge in [-0.2, -0.15) is 0 Å². The van der Waals surface area contributed by atoms with Gasteiger partial charge in [-0.15, -0.1) is 10.2 Å². The highest BCUT2D eigenvalue weighted by Crippen LogP contribution is 2.39. The fraction of sp³-hybridized carbons (Fsp3) is 0. The highest BCUT2D eigenvalue weighted by Gasteiger charge is 2.11. The number of phenolic OH excluding ortho intramolecular Hbond substituents is 2. The van der Waals surface area contributed by atoms with Crippen molar-refractivity contribution in [3.8, 4) is 11.5 Å². The van der Waals surface area contributed by atoms with Crippen LogP contribution in [0, 0.1) is 10.1 Å². The van der Waals surface area contributed by atoms with E-state index in [1.165, 1.54) is 12.1 Å². The average Bonchev–Trinajstić information content (AvgIpc) is 2.55. The van der Waals surface area contributed by atoms with Gasteiger partial charge in [-0.25, -0.2) is 0 Å². The number of nitrogen functional groups attached to an aromatic ring is 1. The van der Waals surface area contributed by atoms with Gasteiger partial charge in [-0.1, -0.05) is 18.2 Å². The Hall–Kier alpha value is -3.68. The molecular formula is C16H12N4O4. The average molecular weight is 324 g/mol. The maximum atomic E-state index is 10.6. The van der Waals surface area contributed by atoms with E-state index in [1.807, 2.05) is 0 Å². The molecule has 3 aromatic rings. The van der Waals surface area contributed by atoms with Crippen molar-refractivity contribution >= 4 is 33.5 Å². The zero-order chi connectivity index (χ0) is 17.3. The van der Waals surface area contributed by atoms with E-state index in [4.69, 9.17) is 5.73 Å². The Morgan fingerprint density at radius 1 is 1.00 bits per heavy atom. The summed E-state index contributed by atoms with van der Waals surface area (Å²) in [5.41, 5.74) is 6.22. The van der Waals surface area contributed by atoms with Gasteiger partial charge in [-0.3, -0.25) is 10.1 Å². The molecule has 0 saturated carbocycles. The molecule has 24 heavy (non-hydrogen) atoms. The van der Waals surface area contributed by atoms with Crippen molar-refractivity contribution in [2.45, 2.75) is 0 Å². The van der Waals surface area contributed by atoms with Crippen LogP contribution in [0.1, 0.15) is 0 Å². The third-order valence-electron chi connectivity index (χ3n) is 3.46. The van der Waals surface area contributed by atoms with Gasteiger partial charge in [0.05, 0.1) is 11.0 Å². The summed E-state index contributed by atoms with van der Waals surface area (Å²) in [5, 5.41) is 39.6. The smallest absolute Gasteiger partial charge is 0.273 e. The van der Waals surface area contributed by atoms with Crippen molar-refractivity contribution in [1.29, 1.82) is 0 Å². The summed E-state index contributed by atoms with van der Waals surface area (Å²) in [5.74, 6) is -0.511. The molecule has 0 heterocycles. The van der Waals surface area contributed by atoms with Crippen LogP contribution in [0.15, 0.2) is 58.8 Å². The lowest BCUT2D eigenvalue weighted by Crippen LogP contribution is -1.87. The first-order chi connectivity index (χ1) is 11.5. The van der Waals surface area contributed by atoms with Crippen LogP contribution in [-0.2, 0) is 0 Å². The van der Waals surface area contributed by atoms with Crippen molar-refractivity contribution < 1.29 is 15.1 Å². The number of nitrogens with two attached hydrogens (primary N) is 1. The fourth-order valence-corrected chi connectivity index (χ4v) is 2.28. The number of aromatic hydroxyl groups is 2. The Morgan fingerprint density at radius 3 is 2.42 bits per heavy atom. The number of nitro benzene ring substituents is 1. The number of anilines is 1. The molecule has 3 aromatic carbocycles. The Balaban J connectivity index is 2.01. The molecule has 120 valence electrons. The van der Waals surface area contributed by atoms with Gasteiger partial charge >= 0.3 is 0 Å². The van der Waals surface area contributed by atoms with Gasteiger partial charge in [0, 0.05) is 17.1 Å². The van der Waals surface area contributed by atoms with Crippen LogP contribution in [0.2, 0.25) is 0 Å². The molecule has 0 atom stereocenters. The van der Waals surface area contributed by atoms with Gasteiger partial charge in [-0.05, 0) is 23.6 Å². The van der Waals surface area contributed by atoms with Crippen molar-refractivity contribution in [1.82, 2.24) is 0 Å². The van der Waals surface area contributed by atoms with Crippen molar-refractivity contribution in [3.05, 3.63) is 58.6 Å². The second-order valence-electron chi connectivity index (χ2n) is 5.01. The van der Waals surface area contributed by atoms with Crippen LogP contribution in [0.5, 0.6) is 11.5 Å². The molecule has 0 amide bonds. The van der Waals surface area contributed by atoms with E-state index in [2.05, 4.69) is 10.2 Å². The number of benzene rings is 3. The van der Waals surface area contributed by atoms with E-state index in [0.717, 1.165) is 11.5 Å². The summed E-state index contributed by atoms with van der Waals surface area (Å²) in [6, 6.07) is 12.0. The third kappa shape index (κ3) is 2.68. The van der Waals surface area contributed by atoms with E-state index in [0.29, 0.717) is 11.1 Å². The van der Waals surface area contributed by atoms with E-state index < -0.39 is 4.92 Å². The summed E-state index contributed by atoms with van der Waals surface area (Å²) in [6.45, 7) is 0. The maximum absolute atomic E-state index is 10.6. The first-order valence-electron chi connectivity index (χ1n) is 6.86. The van der Waals surface area contributed by atoms with Gasteiger partial charge in [0.25, 0.3) is 5.69 Å². The van der Waals surface area contributed by atoms with Crippen LogP contribution < -0.4 is 5.73 Å². The first-order valence-corrected chi connectivity index (χ1v) is 6.86. The van der Waals surface area contributed by atoms with Crippen LogP contribution in [0.25, 0.3) is 10.8 Å². The zero-order valence-electron chi connectivity index (χ0n) is 12.2. The quantitative estimate of drug-likeness (QED) is 0.288. The second kappa shape index (κ2) is 5.84. The highest BCUT2D eigenvalue weighted by molar-refractivity contribution is 6.00. The molecule has 0 spiro atoms. The second-order valence-corrected chi connectivity index (χ2v) is 5.01. The molecule has 8 nitrogen and oxygen atoms in total. The number of fused-ring (bicyclic) bond motifs is 1. The standard InChI is InChI=1S/C16H12N4O4/c17-11-3-1-2-9-4-6-13(16(22)15(9)11)19-18-12-7-5-10(20(23)24)8-14(12)21/h1-8,21-22H,17H2. The molecule has 0 aliphatic heterocycles. The minimum Gasteiger partial charge on any atom is -0.505 e. The Kier molecular flexibility index (Phi) is 3.70. The summed E-state index contributed by atoms with van der Waals surface area (Å²) in [7, 11) is 0. The molecule has 0 aliphatic rings. The number of non-ortho nitro benzene ring substituents is 1. The molecule has 0 bridgehead atoms. The lowest BCUT2D eigenvalue weighted by Gasteiger charge is -2.06. The third-order valence-corrected chi connectivity index (χ3v) is 3.46. The summed E-state index contributed by atoms with van der Waals surface area (Å²) in [6.07, 6.45) is 0. The van der Waals surface area contributed by atoms with Crippen molar-refractivity contribution in [2.75, 3.05) is 5.73 Å². The lowest BCUT2D eigenvalue weighted by atomic mass is 10.1. The molecular weight excluding hydrogens is 312 g/mol. The van der Waals surface area contributed by atoms with Gasteiger partial charge in [0.15, 0.2) is 5.75 Å². The summed E-state index contributed by atoms with van der Waals surface area (Å²) in [4.78, 5) is 10.0. The van der Waals surface area contributed by atoms with Crippen LogP contribution in [-0.4, -0.2) is 15.1 Å². The predicted molar refractivity (Wildman–Crippen MR) is 89.0 cm³/mol. The van der Waals surface area contributed by atoms with Crippen LogP contribution >= 0.6 is 0 Å². The highest BCUT2D eigenvalue weighted by atomic mass is 16.6. The number of hydrogen-bond acceptors (Lipinski definition) is 7. The SMILES string of the molecule is Nc1cccc2ccc(N=Nc3ccc([N+](=O)[O-])cc3O)c(O)c12. The summed E-state index contributed by atoms with van der Waals surface area (Å²) < 4.78 is 0. The van der Waals surface area contributed by atoms with Crippen LogP contribution in [0.3, 0.4) is 0 Å². The lowest BCUT2D eigenvalue weighted by molar-refractivity contribution is -0.384. The molecule has 0 aliphatic carbocycles. The predicted octanol–water partition coefficient (Wildman–Crippen LogP) is 4.16. The van der Waals surface area contributed by atoms with Gasteiger partial charge < -0.3 is 15.9 Å². The van der Waals surface area contributed by atoms with E-state index in [9.17, 15) is 20.3 Å². The van der Waals surface area contributed by atoms with E-state index >= 15 is 0 Å². The number of nitrogens with zero attached hydrogens (tertiary/aromatic N) is 3. The minimum atomic E-state index is -0.626. The first kappa shape index (κ1) is 15.2. The monoisotopic (exact) mass is 324 g/mol. The molecule has 0 fully saturated rings. The topological polar surface area (TPSA) is 134 Å². The number of phenols is 2. The van der Waals surface area contributed by atoms with E-state index in [1.54, 1.807) is 30.3 Å². The maximum Gasteiger partial charge on any atom is 0.273 e. The van der Waals surface area contributed by atoms with E-state index in [-0.39, 0.29) is 28.6 Å². The molecule has 0 aromatic heterocycles. The Morgan fingerprint density at radius 2 is 1.71 bits per heavy atom. The number of rotatable bonds is 3. The zero-order valence-corrected chi connectivity index (χ0v) is 12.2. The Bertz CT molecular complexity index is 985. The largest absolute Gasteiger partial charge is 0.505 e. The molecule has 0 radical (unpaired) electrons. The van der Waals surface area contributed by atoms with Crippen molar-refractivity contribution in [2.24, 2.45) is 10.2 Å².